The molecule has 7 N–H and O–H groups in total. The number of rotatable bonds is 24. The van der Waals surface area contributed by atoms with Gasteiger partial charge in [0.2, 0.25) is 23.8 Å². The van der Waals surface area contributed by atoms with Crippen molar-refractivity contribution in [3.63, 3.8) is 0 Å². The highest BCUT2D eigenvalue weighted by atomic mass is 16.3. The summed E-state index contributed by atoms with van der Waals surface area (Å²) in [6, 6.07) is 44.9. The van der Waals surface area contributed by atoms with Crippen molar-refractivity contribution in [3.05, 3.63) is 255 Å². The molecule has 0 bridgehead atoms. The fourth-order valence-electron chi connectivity index (χ4n) is 18.0. The van der Waals surface area contributed by atoms with Crippen molar-refractivity contribution in [2.75, 3.05) is 55.2 Å². The number of fused-ring (bicyclic) bond motifs is 3. The molecule has 640 valence electrons. The van der Waals surface area contributed by atoms with Gasteiger partial charge in [-0.3, -0.25) is 24.1 Å². The lowest BCUT2D eigenvalue weighted by Crippen LogP contribution is -2.55. The van der Waals surface area contributed by atoms with E-state index in [1.807, 2.05) is 47.4 Å². The third-order valence-corrected chi connectivity index (χ3v) is 25.3. The van der Waals surface area contributed by atoms with Crippen LogP contribution >= 0.6 is 0 Å². The molecule has 0 atom stereocenters. The molecule has 8 aromatic heterocycles. The van der Waals surface area contributed by atoms with Crippen LogP contribution in [0, 0.1) is 5.92 Å². The van der Waals surface area contributed by atoms with Crippen LogP contribution in [-0.2, 0) is 41.2 Å². The van der Waals surface area contributed by atoms with Crippen molar-refractivity contribution in [2.24, 2.45) is 5.92 Å². The van der Waals surface area contributed by atoms with Gasteiger partial charge in [0.15, 0.2) is 28.6 Å². The van der Waals surface area contributed by atoms with Crippen LogP contribution in [0.3, 0.4) is 0 Å². The zero-order chi connectivity index (χ0) is 86.0. The van der Waals surface area contributed by atoms with Gasteiger partial charge < -0.3 is 46.2 Å². The normalized spacial score (nSPS) is 19.7. The van der Waals surface area contributed by atoms with Gasteiger partial charge in [0.1, 0.15) is 27.4 Å². The zero-order valence-electron chi connectivity index (χ0n) is 71.1. The van der Waals surface area contributed by atoms with E-state index in [9.17, 15) is 39.6 Å². The van der Waals surface area contributed by atoms with E-state index >= 15 is 0 Å². The predicted octanol–water partition coefficient (Wildman–Crippen LogP) is 13.9. The quantitative estimate of drug-likeness (QED) is 0.0276. The maximum Gasteiger partial charge on any atom is 0.278 e. The summed E-state index contributed by atoms with van der Waals surface area (Å²) in [6.45, 7) is 28.5. The third-order valence-electron chi connectivity index (χ3n) is 25.3. The highest BCUT2D eigenvalue weighted by Crippen LogP contribution is 2.41. The Kier molecular flexibility index (Phi) is 24.7. The SMILES string of the molecule is C=CCn1c(=O)c2cnc(Nc3ccc(C4CCC(C(=O)N5CCC5)CC4)cc3)nc2n1-c1cccc(C(C)(C)O)n1.C=CCn1c(=O)c2cnc(Nc3ccc(C4CCC(N5CC(O)C5)CC4)cc3)nc2n1-c1cccc(C(C)(C)O)c1.C=CCn1c(=O)c2cnc(Nc3ccc(C4CCC(N5CCC5)CC4)cc3)nc2n1-c1cccc(C(C)(C)O)n1. The summed E-state index contributed by atoms with van der Waals surface area (Å²) in [5.41, 5.74) is 6.32. The largest absolute Gasteiger partial charge is 0.390 e. The summed E-state index contributed by atoms with van der Waals surface area (Å²) in [5, 5.41) is 52.3. The van der Waals surface area contributed by atoms with Gasteiger partial charge >= 0.3 is 0 Å². The van der Waals surface area contributed by atoms with E-state index in [-0.39, 0.29) is 41.8 Å². The van der Waals surface area contributed by atoms with Crippen LogP contribution in [0.5, 0.6) is 0 Å². The Bertz CT molecular complexity index is 6010. The minimum atomic E-state index is -1.15. The van der Waals surface area contributed by atoms with Gasteiger partial charge in [-0.2, -0.15) is 15.0 Å². The molecule has 3 saturated carbocycles. The summed E-state index contributed by atoms with van der Waals surface area (Å²) in [5.74, 6) is 4.22. The number of nitrogens with one attached hydrogen (secondary N) is 3. The number of aliphatic hydroxyl groups excluding tert-OH is 1. The van der Waals surface area contributed by atoms with Gasteiger partial charge in [-0.15, -0.1) is 19.7 Å². The first-order valence-electron chi connectivity index (χ1n) is 43.3. The molecule has 3 aliphatic carbocycles. The van der Waals surface area contributed by atoms with Gasteiger partial charge in [-0.1, -0.05) is 78.9 Å². The van der Waals surface area contributed by atoms with Crippen molar-refractivity contribution in [1.29, 1.82) is 0 Å². The van der Waals surface area contributed by atoms with E-state index in [1.54, 1.807) is 121 Å². The van der Waals surface area contributed by atoms with Gasteiger partial charge in [-0.05, 0) is 257 Å². The van der Waals surface area contributed by atoms with Crippen LogP contribution in [0.2, 0.25) is 0 Å². The molecule has 6 aliphatic rings. The van der Waals surface area contributed by atoms with E-state index in [0.29, 0.717) is 116 Å². The lowest BCUT2D eigenvalue weighted by molar-refractivity contribution is -0.140. The molecule has 28 nitrogen and oxygen atoms in total. The first-order chi connectivity index (χ1) is 59.2. The second-order valence-electron chi connectivity index (χ2n) is 35.2. The number of pyridine rings is 2. The van der Waals surface area contributed by atoms with Crippen LogP contribution in [0.15, 0.2) is 204 Å². The lowest BCUT2D eigenvalue weighted by Gasteiger charge is -2.44. The average Bonchev–Trinajstić information content (AvgIpc) is 1.61. The molecule has 0 spiro atoms. The summed E-state index contributed by atoms with van der Waals surface area (Å²) >= 11 is 0. The summed E-state index contributed by atoms with van der Waals surface area (Å²) in [4.78, 5) is 96.2. The van der Waals surface area contributed by atoms with Crippen molar-refractivity contribution in [2.45, 2.75) is 204 Å². The molecule has 1 amide bonds. The van der Waals surface area contributed by atoms with Crippen LogP contribution in [-0.4, -0.2) is 166 Å². The number of hydrogen-bond acceptors (Lipinski definition) is 21. The van der Waals surface area contributed by atoms with E-state index in [0.717, 1.165) is 99.8 Å². The second-order valence-corrected chi connectivity index (χ2v) is 35.2. The van der Waals surface area contributed by atoms with Crippen molar-refractivity contribution < 1.29 is 25.2 Å². The van der Waals surface area contributed by atoms with E-state index < -0.39 is 16.8 Å². The fraction of sp³-hybridized carbons (Fsp3) is 0.411. The van der Waals surface area contributed by atoms with E-state index in [2.05, 4.69) is 131 Å². The molecule has 18 rings (SSSR count). The molecule has 4 aromatic carbocycles. The number of carbonyl (C=O) groups excluding carboxylic acids is 1. The molecule has 3 aliphatic heterocycles. The lowest BCUT2D eigenvalue weighted by atomic mass is 9.78. The molecular formula is C95H112N20O8. The molecule has 6 fully saturated rings. The van der Waals surface area contributed by atoms with Gasteiger partial charge in [0.05, 0.1) is 48.4 Å². The number of benzene rings is 4. The van der Waals surface area contributed by atoms with Gasteiger partial charge in [-0.25, -0.2) is 53.0 Å². The van der Waals surface area contributed by atoms with E-state index in [1.165, 1.54) is 90.3 Å². The average molecular weight is 1660 g/mol. The molecular weight excluding hydrogens is 1550 g/mol. The Balaban J connectivity index is 0.000000137. The number of carbonyl (C=O) groups is 1. The monoisotopic (exact) mass is 1660 g/mol. The van der Waals surface area contributed by atoms with E-state index in [4.69, 9.17) is 15.0 Å². The minimum absolute atomic E-state index is 0.137. The Morgan fingerprint density at radius 2 is 0.805 bits per heavy atom. The number of nitrogens with zero attached hydrogens (tertiary/aromatic N) is 17. The zero-order valence-corrected chi connectivity index (χ0v) is 71.1. The minimum Gasteiger partial charge on any atom is -0.390 e. The molecule has 12 aromatic rings. The highest BCUT2D eigenvalue weighted by Gasteiger charge is 2.36. The Hall–Kier alpha value is -11.9. The highest BCUT2D eigenvalue weighted by molar-refractivity contribution is 5.81. The van der Waals surface area contributed by atoms with Crippen LogP contribution in [0.25, 0.3) is 50.4 Å². The predicted molar refractivity (Wildman–Crippen MR) is 480 cm³/mol. The maximum atomic E-state index is 13.3. The molecule has 28 heteroatoms. The molecule has 3 saturated heterocycles. The Morgan fingerprint density at radius 3 is 1.15 bits per heavy atom. The molecule has 123 heavy (non-hydrogen) atoms. The van der Waals surface area contributed by atoms with Gasteiger partial charge in [0.25, 0.3) is 16.7 Å². The number of hydrogen-bond donors (Lipinski definition) is 7. The smallest absolute Gasteiger partial charge is 0.278 e. The molecule has 0 unspecified atom stereocenters. The number of amides is 1. The van der Waals surface area contributed by atoms with Crippen molar-refractivity contribution >= 4 is 73.9 Å². The topological polar surface area (TPSA) is 328 Å². The van der Waals surface area contributed by atoms with Crippen molar-refractivity contribution in [3.8, 4) is 17.3 Å². The Morgan fingerprint density at radius 1 is 0.439 bits per heavy atom. The number of aromatic nitrogens is 14. The van der Waals surface area contributed by atoms with Crippen LogP contribution in [0.4, 0.5) is 34.9 Å². The summed E-state index contributed by atoms with van der Waals surface area (Å²) < 4.78 is 9.69. The summed E-state index contributed by atoms with van der Waals surface area (Å²) in [7, 11) is 0. The van der Waals surface area contributed by atoms with Crippen LogP contribution in [0.1, 0.15) is 183 Å². The second kappa shape index (κ2) is 35.9. The van der Waals surface area contributed by atoms with Gasteiger partial charge in [0, 0.05) is 79.8 Å². The molecule has 0 radical (unpaired) electrons. The molecule has 11 heterocycles. The first kappa shape index (κ1) is 84.7. The Labute approximate surface area is 715 Å². The fourth-order valence-corrected chi connectivity index (χ4v) is 18.0. The number of β-amino-alcohol motifs (C(OH)–C–C–N with tert-alkyl or cyclic N) is 1. The number of likely N-dealkylation sites (tertiary alicyclic amines) is 3. The first-order valence-corrected chi connectivity index (χ1v) is 43.3. The van der Waals surface area contributed by atoms with Crippen LogP contribution < -0.4 is 32.6 Å². The third kappa shape index (κ3) is 18.4. The van der Waals surface area contributed by atoms with Crippen molar-refractivity contribution in [1.82, 2.24) is 82.7 Å². The number of anilines is 6. The standard InChI is InChI=1S/C32H37N7O3.C32H38N6O3.C31H37N7O2/c1-4-17-38-30(41)25-20-33-31(36-28(25)39(38)27-8-5-7-26(35-27)32(2,3)42)34-24-15-13-22(14-16-24)21-9-11-23(12-10-21)29(40)37-18-6-19-37;1-4-16-37-30(40)28-18-33-31(35-29(28)38(37)26-7-5-6-23(17-26)32(2,3)41)34-24-12-8-21(9-13-24)22-10-14-25(15-11-22)36-19-27(39)20-36;1-4-17-37-29(39)25-20-32-30(35-28(25)38(37)27-8-5-7-26(34-27)31(2,3)40)33-23-13-9-21(10-14-23)22-11-15-24(16-12-22)36-18-6-19-36/h4-5,7-8,13-16,20-21,23,42H,1,6,9-12,17-19H2,2-3H3,(H,33,34,36);4-9,12-13,17-18,22,25,27,39,41H,1,10-11,14-16,19-20H2,2-3H3,(H,33,34,35);4-5,7-10,13-14,20,22,24,40H,1,6,11-12,15-19H2,2-3H3,(H,32,33,35). The number of aliphatic hydroxyl groups is 4. The summed E-state index contributed by atoms with van der Waals surface area (Å²) in [6.07, 6.45) is 25.7. The number of allylic oxidation sites excluding steroid dienone is 3. The maximum absolute atomic E-state index is 13.3.